The van der Waals surface area contributed by atoms with Crippen LogP contribution in [0.25, 0.3) is 0 Å². The highest BCUT2D eigenvalue weighted by Crippen LogP contribution is 2.25. The molecule has 2 heterocycles. The van der Waals surface area contributed by atoms with Gasteiger partial charge in [0.05, 0.1) is 29.8 Å². The summed E-state index contributed by atoms with van der Waals surface area (Å²) in [6, 6.07) is 10.7. The molecule has 2 aromatic rings. The van der Waals surface area contributed by atoms with Gasteiger partial charge in [0.15, 0.2) is 0 Å². The first-order chi connectivity index (χ1) is 15.0. The van der Waals surface area contributed by atoms with Crippen molar-refractivity contribution in [1.29, 1.82) is 0 Å². The summed E-state index contributed by atoms with van der Waals surface area (Å²) in [7, 11) is 0. The number of halogens is 2. The minimum Gasteiger partial charge on any atom is -0.491 e. The van der Waals surface area contributed by atoms with Gasteiger partial charge in [0.25, 0.3) is 11.8 Å². The number of hydrogen-bond acceptors (Lipinski definition) is 4. The fourth-order valence-corrected chi connectivity index (χ4v) is 4.13. The van der Waals surface area contributed by atoms with Crippen LogP contribution in [0.3, 0.4) is 0 Å². The Hall–Kier alpha value is -2.64. The highest BCUT2D eigenvalue weighted by molar-refractivity contribution is 6.33. The molecule has 1 unspecified atom stereocenters. The third kappa shape index (κ3) is 4.99. The zero-order valence-corrected chi connectivity index (χ0v) is 17.8. The molecule has 4 rings (SSSR count). The lowest BCUT2D eigenvalue weighted by molar-refractivity contribution is 0.0303. The van der Waals surface area contributed by atoms with Crippen molar-refractivity contribution in [3.8, 4) is 5.75 Å². The summed E-state index contributed by atoms with van der Waals surface area (Å²) >= 11 is 6.10. The Kier molecular flexibility index (Phi) is 6.73. The zero-order chi connectivity index (χ0) is 21.8. The minimum absolute atomic E-state index is 0.0191. The van der Waals surface area contributed by atoms with Gasteiger partial charge in [0.2, 0.25) is 0 Å². The Morgan fingerprint density at radius 3 is 2.55 bits per heavy atom. The van der Waals surface area contributed by atoms with Crippen molar-refractivity contribution in [2.45, 2.75) is 18.9 Å². The molecule has 2 aliphatic rings. The van der Waals surface area contributed by atoms with Crippen LogP contribution in [0.2, 0.25) is 5.02 Å². The SMILES string of the molecule is O=C(c1ccc(OCC2CCCN2C(=O)c2cc(F)ccc2Cl)cc1)N1CCOCC1. The van der Waals surface area contributed by atoms with Gasteiger partial charge in [-0.2, -0.15) is 0 Å². The molecule has 0 aromatic heterocycles. The van der Waals surface area contributed by atoms with Crippen LogP contribution >= 0.6 is 11.6 Å². The third-order valence-electron chi connectivity index (χ3n) is 5.64. The molecule has 2 aromatic carbocycles. The topological polar surface area (TPSA) is 59.1 Å². The Morgan fingerprint density at radius 2 is 1.81 bits per heavy atom. The van der Waals surface area contributed by atoms with Crippen LogP contribution < -0.4 is 4.74 Å². The average Bonchev–Trinajstić information content (AvgIpc) is 3.28. The van der Waals surface area contributed by atoms with Gasteiger partial charge in [0, 0.05) is 25.2 Å². The fourth-order valence-electron chi connectivity index (χ4n) is 3.93. The molecule has 31 heavy (non-hydrogen) atoms. The largest absolute Gasteiger partial charge is 0.491 e. The Labute approximate surface area is 185 Å². The number of benzene rings is 2. The normalized spacial score (nSPS) is 18.8. The van der Waals surface area contributed by atoms with Crippen molar-refractivity contribution in [3.05, 3.63) is 64.4 Å². The number of amides is 2. The van der Waals surface area contributed by atoms with Crippen molar-refractivity contribution in [2.24, 2.45) is 0 Å². The Morgan fingerprint density at radius 1 is 1.06 bits per heavy atom. The highest BCUT2D eigenvalue weighted by atomic mass is 35.5. The van der Waals surface area contributed by atoms with Gasteiger partial charge in [-0.15, -0.1) is 0 Å². The number of nitrogens with zero attached hydrogens (tertiary/aromatic N) is 2. The van der Waals surface area contributed by atoms with Crippen molar-refractivity contribution >= 4 is 23.4 Å². The van der Waals surface area contributed by atoms with E-state index in [-0.39, 0.29) is 28.4 Å². The molecule has 8 heteroatoms. The molecular weight excluding hydrogens is 423 g/mol. The first-order valence-corrected chi connectivity index (χ1v) is 10.8. The predicted molar refractivity (Wildman–Crippen MR) is 114 cm³/mol. The van der Waals surface area contributed by atoms with Crippen molar-refractivity contribution in [3.63, 3.8) is 0 Å². The van der Waals surface area contributed by atoms with E-state index in [1.807, 2.05) is 0 Å². The second kappa shape index (κ2) is 9.66. The van der Waals surface area contributed by atoms with Gasteiger partial charge < -0.3 is 19.3 Å². The molecule has 0 radical (unpaired) electrons. The summed E-state index contributed by atoms with van der Waals surface area (Å²) in [6.07, 6.45) is 1.64. The first-order valence-electron chi connectivity index (χ1n) is 10.4. The van der Waals surface area contributed by atoms with E-state index in [4.69, 9.17) is 21.1 Å². The van der Waals surface area contributed by atoms with E-state index >= 15 is 0 Å². The summed E-state index contributed by atoms with van der Waals surface area (Å²) in [6.45, 7) is 3.20. The van der Waals surface area contributed by atoms with Crippen LogP contribution in [-0.4, -0.2) is 67.1 Å². The zero-order valence-electron chi connectivity index (χ0n) is 17.1. The van der Waals surface area contributed by atoms with Crippen LogP contribution in [0, 0.1) is 5.82 Å². The van der Waals surface area contributed by atoms with Crippen molar-refractivity contribution < 1.29 is 23.5 Å². The quantitative estimate of drug-likeness (QED) is 0.703. The van der Waals surface area contributed by atoms with Crippen molar-refractivity contribution in [1.82, 2.24) is 9.80 Å². The van der Waals surface area contributed by atoms with E-state index in [9.17, 15) is 14.0 Å². The van der Waals surface area contributed by atoms with Gasteiger partial charge in [-0.1, -0.05) is 11.6 Å². The lowest BCUT2D eigenvalue weighted by Crippen LogP contribution is -2.40. The molecule has 0 aliphatic carbocycles. The molecule has 2 aliphatic heterocycles. The summed E-state index contributed by atoms with van der Waals surface area (Å²) in [5.41, 5.74) is 0.771. The summed E-state index contributed by atoms with van der Waals surface area (Å²) < 4.78 is 24.8. The number of likely N-dealkylation sites (tertiary alicyclic amines) is 1. The van der Waals surface area contributed by atoms with Gasteiger partial charge >= 0.3 is 0 Å². The third-order valence-corrected chi connectivity index (χ3v) is 5.97. The lowest BCUT2D eigenvalue weighted by atomic mass is 10.1. The lowest BCUT2D eigenvalue weighted by Gasteiger charge is -2.27. The van der Waals surface area contributed by atoms with E-state index in [1.54, 1.807) is 34.1 Å². The van der Waals surface area contributed by atoms with Crippen LogP contribution in [0.15, 0.2) is 42.5 Å². The van der Waals surface area contributed by atoms with Crippen LogP contribution in [0.4, 0.5) is 4.39 Å². The summed E-state index contributed by atoms with van der Waals surface area (Å²) in [5, 5.41) is 0.235. The molecule has 0 bridgehead atoms. The maximum atomic E-state index is 13.6. The molecule has 0 saturated carbocycles. The molecule has 2 saturated heterocycles. The average molecular weight is 447 g/mol. The smallest absolute Gasteiger partial charge is 0.255 e. The van der Waals surface area contributed by atoms with Crippen LogP contribution in [0.1, 0.15) is 33.6 Å². The van der Waals surface area contributed by atoms with E-state index in [2.05, 4.69) is 0 Å². The molecule has 2 fully saturated rings. The Balaban J connectivity index is 1.36. The number of morpholine rings is 1. The number of carbonyl (C=O) groups excluding carboxylic acids is 2. The predicted octanol–water partition coefficient (Wildman–Crippen LogP) is 3.64. The number of rotatable bonds is 5. The molecule has 1 atom stereocenters. The second-order valence-electron chi connectivity index (χ2n) is 7.66. The maximum absolute atomic E-state index is 13.6. The molecule has 2 amide bonds. The van der Waals surface area contributed by atoms with E-state index in [0.717, 1.165) is 12.8 Å². The minimum atomic E-state index is -0.494. The van der Waals surface area contributed by atoms with Gasteiger partial charge in [-0.3, -0.25) is 9.59 Å². The second-order valence-corrected chi connectivity index (χ2v) is 8.07. The summed E-state index contributed by atoms with van der Waals surface area (Å²) in [4.78, 5) is 28.9. The molecular formula is C23H24ClFN2O4. The van der Waals surface area contributed by atoms with Gasteiger partial charge in [-0.05, 0) is 55.3 Å². The number of carbonyl (C=O) groups is 2. The van der Waals surface area contributed by atoms with Gasteiger partial charge in [0.1, 0.15) is 18.2 Å². The van der Waals surface area contributed by atoms with E-state index in [0.29, 0.717) is 50.8 Å². The highest BCUT2D eigenvalue weighted by Gasteiger charge is 2.31. The summed E-state index contributed by atoms with van der Waals surface area (Å²) in [5.74, 6) is -0.176. The molecule has 6 nitrogen and oxygen atoms in total. The first kappa shape index (κ1) is 21.6. The fraction of sp³-hybridized carbons (Fsp3) is 0.391. The van der Waals surface area contributed by atoms with Crippen molar-refractivity contribution in [2.75, 3.05) is 39.5 Å². The molecule has 0 spiro atoms. The van der Waals surface area contributed by atoms with Crippen LogP contribution in [0.5, 0.6) is 5.75 Å². The van der Waals surface area contributed by atoms with E-state index in [1.165, 1.54) is 18.2 Å². The van der Waals surface area contributed by atoms with E-state index < -0.39 is 5.82 Å². The monoisotopic (exact) mass is 446 g/mol. The van der Waals surface area contributed by atoms with Gasteiger partial charge in [-0.25, -0.2) is 4.39 Å². The molecule has 0 N–H and O–H groups in total. The number of hydrogen-bond donors (Lipinski definition) is 0. The number of ether oxygens (including phenoxy) is 2. The molecule has 164 valence electrons. The van der Waals surface area contributed by atoms with Crippen LogP contribution in [-0.2, 0) is 4.74 Å². The standard InChI is InChI=1S/C23H24ClFN2O4/c24-21-8-5-17(25)14-20(21)23(29)27-9-1-2-18(27)15-31-19-6-3-16(4-7-19)22(28)26-10-12-30-13-11-26/h3-8,14,18H,1-2,9-13,15H2. The maximum Gasteiger partial charge on any atom is 0.255 e. The Bertz CT molecular complexity index is 947.